The quantitative estimate of drug-likeness (QED) is 0.407. The molecule has 34 heavy (non-hydrogen) atoms. The summed E-state index contributed by atoms with van der Waals surface area (Å²) in [4.78, 5) is 27.8. The Bertz CT molecular complexity index is 1380. The van der Waals surface area contributed by atoms with E-state index in [0.717, 1.165) is 11.3 Å². The first-order valence-corrected chi connectivity index (χ1v) is 11.5. The van der Waals surface area contributed by atoms with Crippen molar-refractivity contribution in [1.82, 2.24) is 24.8 Å². The van der Waals surface area contributed by atoms with Gasteiger partial charge in [-0.2, -0.15) is 0 Å². The molecule has 8 nitrogen and oxygen atoms in total. The summed E-state index contributed by atoms with van der Waals surface area (Å²) in [5.41, 5.74) is 1.68. The van der Waals surface area contributed by atoms with E-state index in [4.69, 9.17) is 28.2 Å². The maximum Gasteiger partial charge on any atom is 0.327 e. The number of carboxylic acid groups (broad SMARTS) is 1. The Morgan fingerprint density at radius 1 is 1.09 bits per heavy atom. The molecule has 3 heterocycles. The molecule has 2 aromatic carbocycles. The number of hydrogen-bond donors (Lipinski definition) is 2. The van der Waals surface area contributed by atoms with Gasteiger partial charge in [-0.05, 0) is 50.2 Å². The highest BCUT2D eigenvalue weighted by Gasteiger charge is 2.51. The Balaban J connectivity index is 1.66. The summed E-state index contributed by atoms with van der Waals surface area (Å²) in [7, 11) is 0. The molecule has 0 atom stereocenters. The van der Waals surface area contributed by atoms with E-state index in [1.165, 1.54) is 6.33 Å². The van der Waals surface area contributed by atoms with Crippen molar-refractivity contribution in [2.75, 3.05) is 18.0 Å². The van der Waals surface area contributed by atoms with Crippen molar-refractivity contribution in [2.24, 2.45) is 0 Å². The van der Waals surface area contributed by atoms with Gasteiger partial charge in [0.25, 0.3) is 0 Å². The Morgan fingerprint density at radius 2 is 1.79 bits per heavy atom. The maximum atomic E-state index is 12.0. The van der Waals surface area contributed by atoms with E-state index in [0.29, 0.717) is 32.9 Å². The molecule has 4 aromatic rings. The van der Waals surface area contributed by atoms with Gasteiger partial charge in [-0.1, -0.05) is 35.3 Å². The summed E-state index contributed by atoms with van der Waals surface area (Å²) in [5, 5.41) is 14.2. The first kappa shape index (κ1) is 22.6. The molecule has 2 N–H and O–H groups in total. The van der Waals surface area contributed by atoms with Gasteiger partial charge in [-0.15, -0.1) is 0 Å². The number of hydrogen-bond acceptors (Lipinski definition) is 6. The Labute approximate surface area is 206 Å². The van der Waals surface area contributed by atoms with E-state index in [1.54, 1.807) is 12.1 Å². The fourth-order valence-corrected chi connectivity index (χ4v) is 4.71. The van der Waals surface area contributed by atoms with Gasteiger partial charge in [0, 0.05) is 22.3 Å². The number of nitrogens with zero attached hydrogens (tertiary/aromatic N) is 5. The zero-order valence-corrected chi connectivity index (χ0v) is 20.0. The number of halogens is 2. The molecule has 2 aromatic heterocycles. The normalized spacial score (nSPS) is 15.0. The zero-order chi connectivity index (χ0) is 24.0. The largest absolute Gasteiger partial charge is 0.480 e. The molecule has 1 fully saturated rings. The number of fused-ring (bicyclic) bond motifs is 1. The van der Waals surface area contributed by atoms with Crippen molar-refractivity contribution >= 4 is 46.2 Å². The van der Waals surface area contributed by atoms with Crippen LogP contribution in [0.2, 0.25) is 10.0 Å². The van der Waals surface area contributed by atoms with E-state index >= 15 is 0 Å². The molecule has 0 spiro atoms. The highest BCUT2D eigenvalue weighted by molar-refractivity contribution is 6.33. The fraction of sp³-hybridized carbons (Fsp3) is 0.250. The first-order valence-electron chi connectivity index (χ1n) is 10.8. The maximum absolute atomic E-state index is 12.0. The zero-order valence-electron chi connectivity index (χ0n) is 18.5. The van der Waals surface area contributed by atoms with Crippen LogP contribution in [-0.4, -0.2) is 55.3 Å². The van der Waals surface area contributed by atoms with E-state index < -0.39 is 11.5 Å². The molecule has 0 amide bonds. The van der Waals surface area contributed by atoms with Crippen molar-refractivity contribution in [3.63, 3.8) is 0 Å². The lowest BCUT2D eigenvalue weighted by Gasteiger charge is -2.48. The molecule has 1 aliphatic rings. The van der Waals surface area contributed by atoms with Gasteiger partial charge in [0.1, 0.15) is 12.2 Å². The highest BCUT2D eigenvalue weighted by atomic mass is 35.5. The van der Waals surface area contributed by atoms with Crippen LogP contribution in [0.25, 0.3) is 28.2 Å². The topological polar surface area (TPSA) is 96.2 Å². The summed E-state index contributed by atoms with van der Waals surface area (Å²) < 4.78 is 1.91. The lowest BCUT2D eigenvalue weighted by Crippen LogP contribution is -2.74. The molecule has 0 radical (unpaired) electrons. The van der Waals surface area contributed by atoms with E-state index in [-0.39, 0.29) is 19.1 Å². The summed E-state index contributed by atoms with van der Waals surface area (Å²) in [5.74, 6) is 0.301. The number of anilines is 1. The molecule has 0 bridgehead atoms. The lowest BCUT2D eigenvalue weighted by molar-refractivity contribution is -0.146. The average molecular weight is 497 g/mol. The third kappa shape index (κ3) is 3.77. The fourth-order valence-electron chi connectivity index (χ4n) is 4.37. The number of aliphatic carboxylic acids is 1. The van der Waals surface area contributed by atoms with Gasteiger partial charge in [0.15, 0.2) is 22.5 Å². The van der Waals surface area contributed by atoms with Crippen molar-refractivity contribution in [2.45, 2.75) is 25.4 Å². The van der Waals surface area contributed by atoms with Crippen molar-refractivity contribution in [1.29, 1.82) is 0 Å². The van der Waals surface area contributed by atoms with Crippen LogP contribution in [0.5, 0.6) is 0 Å². The minimum absolute atomic E-state index is 0.0274. The van der Waals surface area contributed by atoms with E-state index in [1.807, 2.05) is 59.7 Å². The summed E-state index contributed by atoms with van der Waals surface area (Å²) in [6.07, 6.45) is 1.47. The van der Waals surface area contributed by atoms with Crippen LogP contribution in [-0.2, 0) is 4.79 Å². The number of nitrogens with one attached hydrogen (secondary N) is 1. The third-order valence-electron chi connectivity index (χ3n) is 5.82. The monoisotopic (exact) mass is 496 g/mol. The number of rotatable bonds is 6. The second-order valence-corrected chi connectivity index (χ2v) is 9.48. The molecule has 5 rings (SSSR count). The van der Waals surface area contributed by atoms with Gasteiger partial charge in [0.2, 0.25) is 0 Å². The molecule has 0 aliphatic carbocycles. The SMILES string of the molecule is CC(C)NC1(C(=O)O)CN(c2ncnc3c2nc(-c2ccccc2Cl)n3-c2ccc(Cl)cc2)C1. The molecule has 10 heteroatoms. The van der Waals surface area contributed by atoms with E-state index in [9.17, 15) is 9.90 Å². The average Bonchev–Trinajstić information content (AvgIpc) is 3.16. The number of carbonyl (C=O) groups is 1. The number of benzene rings is 2. The van der Waals surface area contributed by atoms with Gasteiger partial charge in [-0.3, -0.25) is 14.7 Å². The van der Waals surface area contributed by atoms with Crippen LogP contribution in [0, 0.1) is 0 Å². The summed E-state index contributed by atoms with van der Waals surface area (Å²) in [6, 6.07) is 14.9. The summed E-state index contributed by atoms with van der Waals surface area (Å²) in [6.45, 7) is 4.39. The van der Waals surface area contributed by atoms with Gasteiger partial charge >= 0.3 is 5.97 Å². The second-order valence-electron chi connectivity index (χ2n) is 8.64. The predicted molar refractivity (Wildman–Crippen MR) is 133 cm³/mol. The van der Waals surface area contributed by atoms with Gasteiger partial charge in [-0.25, -0.2) is 15.0 Å². The molecular weight excluding hydrogens is 475 g/mol. The van der Waals surface area contributed by atoms with Crippen molar-refractivity contribution < 1.29 is 9.90 Å². The number of carboxylic acids is 1. The van der Waals surface area contributed by atoms with Crippen LogP contribution < -0.4 is 10.2 Å². The van der Waals surface area contributed by atoms with Crippen molar-refractivity contribution in [3.8, 4) is 17.1 Å². The van der Waals surface area contributed by atoms with Gasteiger partial charge < -0.3 is 10.0 Å². The van der Waals surface area contributed by atoms with Crippen LogP contribution in [0.4, 0.5) is 5.82 Å². The number of imidazole rings is 1. The minimum atomic E-state index is -1.03. The summed E-state index contributed by atoms with van der Waals surface area (Å²) >= 11 is 12.7. The van der Waals surface area contributed by atoms with Crippen LogP contribution >= 0.6 is 23.2 Å². The molecule has 174 valence electrons. The Kier molecular flexibility index (Phi) is 5.67. The molecule has 1 saturated heterocycles. The molecule has 0 unspecified atom stereocenters. The lowest BCUT2D eigenvalue weighted by atomic mass is 9.89. The second kappa shape index (κ2) is 8.54. The smallest absolute Gasteiger partial charge is 0.327 e. The number of aromatic nitrogens is 4. The van der Waals surface area contributed by atoms with Crippen LogP contribution in [0.3, 0.4) is 0 Å². The van der Waals surface area contributed by atoms with Crippen LogP contribution in [0.15, 0.2) is 54.9 Å². The van der Waals surface area contributed by atoms with Gasteiger partial charge in [0.05, 0.1) is 18.1 Å². The van der Waals surface area contributed by atoms with Crippen molar-refractivity contribution in [3.05, 3.63) is 64.9 Å². The highest BCUT2D eigenvalue weighted by Crippen LogP contribution is 2.37. The molecule has 1 aliphatic heterocycles. The standard InChI is InChI=1S/C24H22Cl2N6O2/c1-14(2)30-24(23(33)34)11-31(12-24)21-19-22(28-13-27-21)32(16-9-7-15(25)8-10-16)20(29-19)17-5-3-4-6-18(17)26/h3-10,13-14,30H,11-12H2,1-2H3,(H,33,34). The minimum Gasteiger partial charge on any atom is -0.480 e. The Morgan fingerprint density at radius 3 is 2.44 bits per heavy atom. The molecular formula is C24H22Cl2N6O2. The molecule has 0 saturated carbocycles. The van der Waals surface area contributed by atoms with Crippen LogP contribution in [0.1, 0.15) is 13.8 Å². The Hall–Kier alpha value is -3.20. The first-order chi connectivity index (χ1) is 16.3. The predicted octanol–water partition coefficient (Wildman–Crippen LogP) is 4.43. The van der Waals surface area contributed by atoms with E-state index in [2.05, 4.69) is 15.3 Å². The third-order valence-corrected chi connectivity index (χ3v) is 6.40.